The number of amides is 2. The summed E-state index contributed by atoms with van der Waals surface area (Å²) in [6.45, 7) is 5.92. The van der Waals surface area contributed by atoms with Gasteiger partial charge >= 0.3 is 6.09 Å². The van der Waals surface area contributed by atoms with Crippen molar-refractivity contribution in [1.29, 1.82) is 0 Å². The van der Waals surface area contributed by atoms with Crippen LogP contribution in [0.4, 0.5) is 4.79 Å². The van der Waals surface area contributed by atoms with Crippen molar-refractivity contribution in [2.24, 2.45) is 4.99 Å². The number of imide groups is 1. The lowest BCUT2D eigenvalue weighted by molar-refractivity contribution is -0.120. The molecule has 0 saturated carbocycles. The van der Waals surface area contributed by atoms with Gasteiger partial charge in [0.1, 0.15) is 16.9 Å². The first-order chi connectivity index (χ1) is 14.3. The monoisotopic (exact) mass is 443 g/mol. The fourth-order valence-corrected chi connectivity index (χ4v) is 4.82. The second kappa shape index (κ2) is 7.66. The van der Waals surface area contributed by atoms with E-state index in [1.54, 1.807) is 23.5 Å². The number of benzene rings is 1. The van der Waals surface area contributed by atoms with Crippen molar-refractivity contribution >= 4 is 40.6 Å². The molecule has 3 heterocycles. The highest BCUT2D eigenvalue weighted by Gasteiger charge is 2.32. The number of rotatable bonds is 3. The zero-order valence-electron chi connectivity index (χ0n) is 16.4. The Balaban J connectivity index is 1.94. The highest BCUT2D eigenvalue weighted by molar-refractivity contribution is 7.15. The van der Waals surface area contributed by atoms with Crippen LogP contribution in [-0.2, 0) is 4.79 Å². The first-order valence-electron chi connectivity index (χ1n) is 9.15. The van der Waals surface area contributed by atoms with Crippen LogP contribution in [0.2, 0.25) is 5.02 Å². The molecule has 2 aromatic heterocycles. The largest absolute Gasteiger partial charge is 0.465 e. The predicted molar refractivity (Wildman–Crippen MR) is 114 cm³/mol. The lowest BCUT2D eigenvalue weighted by atomic mass is 9.99. The van der Waals surface area contributed by atoms with Crippen LogP contribution < -0.4 is 5.32 Å². The van der Waals surface area contributed by atoms with E-state index in [0.29, 0.717) is 22.4 Å². The highest BCUT2D eigenvalue weighted by Crippen LogP contribution is 2.39. The lowest BCUT2D eigenvalue weighted by Crippen LogP contribution is -2.30. The average molecular weight is 444 g/mol. The molecule has 0 radical (unpaired) electrons. The molecule has 0 bridgehead atoms. The van der Waals surface area contributed by atoms with E-state index in [-0.39, 0.29) is 6.42 Å². The summed E-state index contributed by atoms with van der Waals surface area (Å²) >= 11 is 7.68. The van der Waals surface area contributed by atoms with Crippen LogP contribution in [0.15, 0.2) is 29.3 Å². The van der Waals surface area contributed by atoms with E-state index >= 15 is 0 Å². The number of carbonyl (C=O) groups excluding carboxylic acids is 1. The smallest absolute Gasteiger partial charge is 0.411 e. The molecule has 0 aliphatic carbocycles. The van der Waals surface area contributed by atoms with Gasteiger partial charge in [-0.1, -0.05) is 23.7 Å². The Bertz CT molecular complexity index is 1200. The fourth-order valence-electron chi connectivity index (χ4n) is 3.48. The molecule has 154 valence electrons. The van der Waals surface area contributed by atoms with Crippen LogP contribution in [-0.4, -0.2) is 37.6 Å². The molecule has 2 N–H and O–H groups in total. The number of hydrogen-bond acceptors (Lipinski definition) is 6. The third kappa shape index (κ3) is 3.50. The van der Waals surface area contributed by atoms with Gasteiger partial charge in [0.15, 0.2) is 5.82 Å². The maximum atomic E-state index is 12.2. The van der Waals surface area contributed by atoms with Gasteiger partial charge in [-0.15, -0.1) is 21.5 Å². The van der Waals surface area contributed by atoms with Crippen molar-refractivity contribution in [3.8, 4) is 5.00 Å². The lowest BCUT2D eigenvalue weighted by Gasteiger charge is -2.12. The zero-order valence-corrected chi connectivity index (χ0v) is 18.0. The topological polar surface area (TPSA) is 109 Å². The Morgan fingerprint density at radius 2 is 1.90 bits per heavy atom. The quantitative estimate of drug-likeness (QED) is 0.636. The number of carboxylic acid groups (broad SMARTS) is 1. The molecular weight excluding hydrogens is 426 g/mol. The maximum absolute atomic E-state index is 12.2. The van der Waals surface area contributed by atoms with Crippen LogP contribution in [0.1, 0.15) is 45.7 Å². The van der Waals surface area contributed by atoms with Crippen molar-refractivity contribution in [2.75, 3.05) is 0 Å². The van der Waals surface area contributed by atoms with Gasteiger partial charge in [-0.2, -0.15) is 0 Å². The molecule has 1 atom stereocenters. The van der Waals surface area contributed by atoms with Crippen molar-refractivity contribution in [3.05, 3.63) is 62.5 Å². The molecule has 0 unspecified atom stereocenters. The molecule has 8 nitrogen and oxygen atoms in total. The number of carbonyl (C=O) groups is 2. The van der Waals surface area contributed by atoms with Gasteiger partial charge in [0.05, 0.1) is 12.1 Å². The molecule has 10 heteroatoms. The summed E-state index contributed by atoms with van der Waals surface area (Å²) in [6.07, 6.45) is -1.58. The van der Waals surface area contributed by atoms with Gasteiger partial charge in [0.25, 0.3) is 0 Å². The third-order valence-electron chi connectivity index (χ3n) is 4.98. The van der Waals surface area contributed by atoms with E-state index in [0.717, 1.165) is 26.6 Å². The molecular formula is C20H18ClN5O3S. The van der Waals surface area contributed by atoms with E-state index in [4.69, 9.17) is 21.7 Å². The standard InChI is InChI=1S/C20H18ClN5O3S/c1-9-10(2)30-19-16(9)17(12-4-6-13(21)7-5-12)22-14(8-15(27)23-20(28)29)18-25-24-11(3)26(18)19/h4-7,14H,8H2,1-3H3,(H,23,27)(H,28,29)/t14-/m0/s1. The van der Waals surface area contributed by atoms with Gasteiger partial charge in [-0.05, 0) is 38.5 Å². The SMILES string of the molecule is Cc1sc2c(c1C)C(c1ccc(Cl)cc1)=N[C@@H](CC(=O)NC(=O)O)c1nnc(C)n1-2. The number of aromatic nitrogens is 3. The number of aryl methyl sites for hydroxylation is 2. The molecule has 0 fully saturated rings. The summed E-state index contributed by atoms with van der Waals surface area (Å²) in [4.78, 5) is 29.2. The number of fused-ring (bicyclic) bond motifs is 3. The fraction of sp³-hybridized carbons (Fsp3) is 0.250. The van der Waals surface area contributed by atoms with Crippen molar-refractivity contribution in [2.45, 2.75) is 33.2 Å². The van der Waals surface area contributed by atoms with Gasteiger partial charge in [-0.25, -0.2) is 4.79 Å². The van der Waals surface area contributed by atoms with E-state index < -0.39 is 18.0 Å². The van der Waals surface area contributed by atoms with E-state index in [9.17, 15) is 9.59 Å². The molecule has 2 amide bonds. The van der Waals surface area contributed by atoms with Gasteiger partial charge in [0, 0.05) is 21.0 Å². The van der Waals surface area contributed by atoms with Gasteiger partial charge < -0.3 is 5.11 Å². The summed E-state index contributed by atoms with van der Waals surface area (Å²) in [5, 5.41) is 20.8. The highest BCUT2D eigenvalue weighted by atomic mass is 35.5. The number of halogens is 1. The molecule has 0 saturated heterocycles. The van der Waals surface area contributed by atoms with Crippen molar-refractivity contribution in [3.63, 3.8) is 0 Å². The average Bonchev–Trinajstić information content (AvgIpc) is 3.14. The number of nitrogens with zero attached hydrogens (tertiary/aromatic N) is 4. The summed E-state index contributed by atoms with van der Waals surface area (Å²) in [6, 6.07) is 6.64. The maximum Gasteiger partial charge on any atom is 0.411 e. The molecule has 0 spiro atoms. The Labute approximate surface area is 181 Å². The molecule has 30 heavy (non-hydrogen) atoms. The summed E-state index contributed by atoms with van der Waals surface area (Å²) < 4.78 is 1.91. The zero-order chi connectivity index (χ0) is 21.6. The third-order valence-corrected chi connectivity index (χ3v) is 6.43. The summed E-state index contributed by atoms with van der Waals surface area (Å²) in [5.41, 5.74) is 3.59. The first kappa shape index (κ1) is 20.2. The predicted octanol–water partition coefficient (Wildman–Crippen LogP) is 3.98. The van der Waals surface area contributed by atoms with E-state index in [2.05, 4.69) is 10.2 Å². The summed E-state index contributed by atoms with van der Waals surface area (Å²) in [7, 11) is 0. The van der Waals surface area contributed by atoms with Crippen molar-refractivity contribution < 1.29 is 14.7 Å². The minimum Gasteiger partial charge on any atom is -0.465 e. The Hall–Kier alpha value is -3.04. The second-order valence-corrected chi connectivity index (χ2v) is 8.60. The molecule has 1 aliphatic heterocycles. The van der Waals surface area contributed by atoms with E-state index in [1.807, 2.05) is 42.8 Å². The first-order valence-corrected chi connectivity index (χ1v) is 10.3. The normalized spacial score (nSPS) is 15.1. The van der Waals surface area contributed by atoms with Crippen LogP contribution in [0, 0.1) is 20.8 Å². The second-order valence-electron chi connectivity index (χ2n) is 6.96. The molecule has 1 aromatic carbocycles. The van der Waals surface area contributed by atoms with Crippen LogP contribution >= 0.6 is 22.9 Å². The number of hydrogen-bond donors (Lipinski definition) is 2. The van der Waals surface area contributed by atoms with Gasteiger partial charge in [-0.3, -0.25) is 19.7 Å². The van der Waals surface area contributed by atoms with E-state index in [1.165, 1.54) is 0 Å². The van der Waals surface area contributed by atoms with Crippen LogP contribution in [0.5, 0.6) is 0 Å². The minimum absolute atomic E-state index is 0.172. The number of aliphatic imine (C=N–C) groups is 1. The minimum atomic E-state index is -1.40. The Morgan fingerprint density at radius 1 is 1.20 bits per heavy atom. The molecule has 3 aromatic rings. The van der Waals surface area contributed by atoms with Gasteiger partial charge in [0.2, 0.25) is 5.91 Å². The van der Waals surface area contributed by atoms with Crippen LogP contribution in [0.25, 0.3) is 5.00 Å². The Morgan fingerprint density at radius 3 is 2.57 bits per heavy atom. The number of thiophene rings is 1. The molecule has 4 rings (SSSR count). The number of nitrogens with one attached hydrogen (secondary N) is 1. The Kier molecular flexibility index (Phi) is 5.17. The summed E-state index contributed by atoms with van der Waals surface area (Å²) in [5.74, 6) is 0.514. The van der Waals surface area contributed by atoms with Crippen molar-refractivity contribution in [1.82, 2.24) is 20.1 Å². The van der Waals surface area contributed by atoms with Crippen LogP contribution in [0.3, 0.4) is 0 Å². The molecule has 1 aliphatic rings.